The summed E-state index contributed by atoms with van der Waals surface area (Å²) in [6.45, 7) is 1.40. The number of nitrogens with zero attached hydrogens (tertiary/aromatic N) is 1. The Balaban J connectivity index is 2.21. The van der Waals surface area contributed by atoms with E-state index in [2.05, 4.69) is 0 Å². The van der Waals surface area contributed by atoms with Crippen LogP contribution in [0.3, 0.4) is 0 Å². The summed E-state index contributed by atoms with van der Waals surface area (Å²) in [5.74, 6) is 0.434. The van der Waals surface area contributed by atoms with Crippen molar-refractivity contribution in [3.05, 3.63) is 29.3 Å². The summed E-state index contributed by atoms with van der Waals surface area (Å²) in [6.07, 6.45) is 2.56. The van der Waals surface area contributed by atoms with E-state index in [4.69, 9.17) is 10.5 Å². The minimum absolute atomic E-state index is 0.218. The van der Waals surface area contributed by atoms with Gasteiger partial charge in [0.05, 0.1) is 13.2 Å². The summed E-state index contributed by atoms with van der Waals surface area (Å²) in [5, 5.41) is 0. The fourth-order valence-electron chi connectivity index (χ4n) is 2.55. The van der Waals surface area contributed by atoms with E-state index >= 15 is 0 Å². The predicted octanol–water partition coefficient (Wildman–Crippen LogP) is 0.957. The first-order chi connectivity index (χ1) is 9.15. The zero-order chi connectivity index (χ0) is 13.8. The van der Waals surface area contributed by atoms with E-state index in [0.717, 1.165) is 37.0 Å². The van der Waals surface area contributed by atoms with Gasteiger partial charge in [-0.25, -0.2) is 0 Å². The number of ether oxygens (including phenoxy) is 1. The summed E-state index contributed by atoms with van der Waals surface area (Å²) in [6, 6.07) is 5.06. The minimum Gasteiger partial charge on any atom is -0.496 e. The predicted molar refractivity (Wildman–Crippen MR) is 71.0 cm³/mol. The van der Waals surface area contributed by atoms with Gasteiger partial charge < -0.3 is 10.5 Å². The number of amides is 1. The van der Waals surface area contributed by atoms with Crippen molar-refractivity contribution in [1.82, 2.24) is 4.90 Å². The number of carbonyl (C=O) groups is 2. The summed E-state index contributed by atoms with van der Waals surface area (Å²) in [7, 11) is 1.59. The Labute approximate surface area is 112 Å². The van der Waals surface area contributed by atoms with Gasteiger partial charge in [0.15, 0.2) is 0 Å². The van der Waals surface area contributed by atoms with E-state index in [1.807, 2.05) is 4.90 Å². The van der Waals surface area contributed by atoms with E-state index in [0.29, 0.717) is 12.1 Å². The molecule has 1 amide bonds. The zero-order valence-corrected chi connectivity index (χ0v) is 11.0. The Morgan fingerprint density at radius 2 is 2.37 bits per heavy atom. The van der Waals surface area contributed by atoms with Crippen LogP contribution in [0.2, 0.25) is 0 Å². The average molecular weight is 262 g/mol. The van der Waals surface area contributed by atoms with Gasteiger partial charge >= 0.3 is 0 Å². The molecule has 1 heterocycles. The summed E-state index contributed by atoms with van der Waals surface area (Å²) in [5.41, 5.74) is 6.91. The topological polar surface area (TPSA) is 72.6 Å². The van der Waals surface area contributed by atoms with Crippen molar-refractivity contribution in [3.8, 4) is 5.75 Å². The molecule has 0 radical (unpaired) electrons. The van der Waals surface area contributed by atoms with Crippen molar-refractivity contribution in [2.45, 2.75) is 25.4 Å². The van der Waals surface area contributed by atoms with Gasteiger partial charge in [-0.3, -0.25) is 14.5 Å². The molecule has 0 aromatic heterocycles. The molecule has 2 rings (SSSR count). The third-order valence-corrected chi connectivity index (χ3v) is 3.51. The lowest BCUT2D eigenvalue weighted by molar-refractivity contribution is -0.122. The van der Waals surface area contributed by atoms with Crippen LogP contribution in [0, 0.1) is 0 Å². The highest BCUT2D eigenvalue weighted by atomic mass is 16.5. The quantitative estimate of drug-likeness (QED) is 0.802. The van der Waals surface area contributed by atoms with E-state index in [1.165, 1.54) is 0 Å². The Morgan fingerprint density at radius 3 is 3.00 bits per heavy atom. The van der Waals surface area contributed by atoms with E-state index in [9.17, 15) is 9.59 Å². The number of aldehydes is 1. The SMILES string of the molecule is COc1ccc(C=O)cc1CN1CCCC1C(N)=O. The molecule has 1 saturated heterocycles. The van der Waals surface area contributed by atoms with Gasteiger partial charge in [0.1, 0.15) is 12.0 Å². The minimum atomic E-state index is -0.289. The highest BCUT2D eigenvalue weighted by Crippen LogP contribution is 2.25. The van der Waals surface area contributed by atoms with Gasteiger partial charge in [-0.1, -0.05) is 0 Å². The van der Waals surface area contributed by atoms with Crippen molar-refractivity contribution < 1.29 is 14.3 Å². The molecule has 0 bridgehead atoms. The molecule has 0 saturated carbocycles. The maximum absolute atomic E-state index is 11.4. The van der Waals surface area contributed by atoms with Crippen LogP contribution in [-0.2, 0) is 11.3 Å². The Bertz CT molecular complexity index is 488. The number of carbonyl (C=O) groups excluding carboxylic acids is 2. The Hall–Kier alpha value is -1.88. The first kappa shape index (κ1) is 13.5. The third kappa shape index (κ3) is 2.93. The summed E-state index contributed by atoms with van der Waals surface area (Å²) >= 11 is 0. The first-order valence-corrected chi connectivity index (χ1v) is 6.31. The molecule has 1 aromatic rings. The number of likely N-dealkylation sites (tertiary alicyclic amines) is 1. The molecule has 1 fully saturated rings. The van der Waals surface area contributed by atoms with Crippen molar-refractivity contribution in [2.24, 2.45) is 5.73 Å². The fraction of sp³-hybridized carbons (Fsp3) is 0.429. The van der Waals surface area contributed by atoms with Crippen LogP contribution in [0.15, 0.2) is 18.2 Å². The van der Waals surface area contributed by atoms with E-state index in [-0.39, 0.29) is 11.9 Å². The average Bonchev–Trinajstić information content (AvgIpc) is 2.87. The van der Waals surface area contributed by atoms with Crippen LogP contribution < -0.4 is 10.5 Å². The van der Waals surface area contributed by atoms with Crippen LogP contribution >= 0.6 is 0 Å². The second kappa shape index (κ2) is 5.84. The summed E-state index contributed by atoms with van der Waals surface area (Å²) < 4.78 is 5.29. The van der Waals surface area contributed by atoms with Crippen LogP contribution in [0.1, 0.15) is 28.8 Å². The third-order valence-electron chi connectivity index (χ3n) is 3.51. The van der Waals surface area contributed by atoms with Gasteiger partial charge in [0, 0.05) is 17.7 Å². The molecular weight excluding hydrogens is 244 g/mol. The highest BCUT2D eigenvalue weighted by molar-refractivity contribution is 5.80. The van der Waals surface area contributed by atoms with Crippen LogP contribution in [-0.4, -0.2) is 36.8 Å². The molecule has 1 aromatic carbocycles. The van der Waals surface area contributed by atoms with Gasteiger partial charge in [0.25, 0.3) is 0 Å². The lowest BCUT2D eigenvalue weighted by Crippen LogP contribution is -2.39. The monoisotopic (exact) mass is 262 g/mol. The van der Waals surface area contributed by atoms with Crippen molar-refractivity contribution >= 4 is 12.2 Å². The van der Waals surface area contributed by atoms with Crippen molar-refractivity contribution in [3.63, 3.8) is 0 Å². The molecule has 1 aliphatic heterocycles. The molecule has 1 atom stereocenters. The normalized spacial score (nSPS) is 19.3. The largest absolute Gasteiger partial charge is 0.496 e. The fourth-order valence-corrected chi connectivity index (χ4v) is 2.55. The highest BCUT2D eigenvalue weighted by Gasteiger charge is 2.29. The van der Waals surface area contributed by atoms with Crippen LogP contribution in [0.25, 0.3) is 0 Å². The van der Waals surface area contributed by atoms with E-state index in [1.54, 1.807) is 25.3 Å². The molecule has 5 heteroatoms. The second-order valence-corrected chi connectivity index (χ2v) is 4.72. The molecule has 2 N–H and O–H groups in total. The summed E-state index contributed by atoms with van der Waals surface area (Å²) in [4.78, 5) is 24.2. The molecule has 1 unspecified atom stereocenters. The molecule has 0 aliphatic carbocycles. The number of nitrogens with two attached hydrogens (primary N) is 1. The lowest BCUT2D eigenvalue weighted by Gasteiger charge is -2.23. The maximum Gasteiger partial charge on any atom is 0.234 e. The van der Waals surface area contributed by atoms with Gasteiger partial charge in [-0.15, -0.1) is 0 Å². The molecular formula is C14H18N2O3. The van der Waals surface area contributed by atoms with Crippen molar-refractivity contribution in [1.29, 1.82) is 0 Å². The van der Waals surface area contributed by atoms with Gasteiger partial charge in [-0.2, -0.15) is 0 Å². The number of hydrogen-bond acceptors (Lipinski definition) is 4. The van der Waals surface area contributed by atoms with Crippen LogP contribution in [0.4, 0.5) is 0 Å². The van der Waals surface area contributed by atoms with E-state index < -0.39 is 0 Å². The molecule has 102 valence electrons. The zero-order valence-electron chi connectivity index (χ0n) is 11.0. The second-order valence-electron chi connectivity index (χ2n) is 4.72. The Kier molecular flexibility index (Phi) is 4.16. The number of rotatable bonds is 5. The number of hydrogen-bond donors (Lipinski definition) is 1. The van der Waals surface area contributed by atoms with Gasteiger partial charge in [-0.05, 0) is 37.6 Å². The maximum atomic E-state index is 11.4. The molecule has 5 nitrogen and oxygen atoms in total. The number of primary amides is 1. The standard InChI is InChI=1S/C14H18N2O3/c1-19-13-5-4-10(9-17)7-11(13)8-16-6-2-3-12(16)14(15)18/h4-5,7,9,12H,2-3,6,8H2,1H3,(H2,15,18). The molecule has 0 spiro atoms. The van der Waals surface area contributed by atoms with Crippen molar-refractivity contribution in [2.75, 3.05) is 13.7 Å². The lowest BCUT2D eigenvalue weighted by atomic mass is 10.1. The smallest absolute Gasteiger partial charge is 0.234 e. The Morgan fingerprint density at radius 1 is 1.58 bits per heavy atom. The van der Waals surface area contributed by atoms with Crippen LogP contribution in [0.5, 0.6) is 5.75 Å². The first-order valence-electron chi connectivity index (χ1n) is 6.31. The number of methoxy groups -OCH3 is 1. The number of benzene rings is 1. The molecule has 19 heavy (non-hydrogen) atoms. The van der Waals surface area contributed by atoms with Gasteiger partial charge in [0.2, 0.25) is 5.91 Å². The molecule has 1 aliphatic rings.